The minimum absolute atomic E-state index is 0.0795. The number of carboxylic acids is 1. The Labute approximate surface area is 119 Å². The summed E-state index contributed by atoms with van der Waals surface area (Å²) in [6.45, 7) is 2.58. The molecule has 0 aromatic heterocycles. The third-order valence-corrected chi connectivity index (χ3v) is 5.81. The van der Waals surface area contributed by atoms with Crippen LogP contribution in [-0.2, 0) is 14.8 Å². The summed E-state index contributed by atoms with van der Waals surface area (Å²) in [5.74, 6) is -0.735. The molecule has 110 valence electrons. The quantitative estimate of drug-likeness (QED) is 0.920. The Balaban J connectivity index is 2.10. The molecule has 1 saturated heterocycles. The van der Waals surface area contributed by atoms with Gasteiger partial charge in [-0.15, -0.1) is 0 Å². The Hall–Kier alpha value is -1.40. The van der Waals surface area contributed by atoms with Crippen molar-refractivity contribution in [2.45, 2.75) is 31.1 Å². The summed E-state index contributed by atoms with van der Waals surface area (Å²) in [5.41, 5.74) is 0.736. The minimum Gasteiger partial charge on any atom is -0.481 e. The Morgan fingerprint density at radius 2 is 1.90 bits per heavy atom. The van der Waals surface area contributed by atoms with Crippen molar-refractivity contribution in [2.24, 2.45) is 5.92 Å². The molecule has 0 radical (unpaired) electrons. The van der Waals surface area contributed by atoms with Crippen molar-refractivity contribution in [1.82, 2.24) is 4.31 Å². The molecule has 1 N–H and O–H groups in total. The summed E-state index contributed by atoms with van der Waals surface area (Å²) in [4.78, 5) is 11.0. The lowest BCUT2D eigenvalue weighted by atomic mass is 9.95. The maximum Gasteiger partial charge on any atom is 0.303 e. The van der Waals surface area contributed by atoms with Gasteiger partial charge in [-0.3, -0.25) is 4.79 Å². The highest BCUT2D eigenvalue weighted by molar-refractivity contribution is 7.89. The Kier molecular flexibility index (Phi) is 4.45. The van der Waals surface area contributed by atoms with Gasteiger partial charge in [0, 0.05) is 19.5 Å². The number of rotatable bonds is 4. The molecule has 0 spiro atoms. The molecular weight excluding hydrogens is 278 g/mol. The fourth-order valence-corrected chi connectivity index (χ4v) is 4.28. The lowest BCUT2D eigenvalue weighted by Gasteiger charge is -2.30. The van der Waals surface area contributed by atoms with Crippen LogP contribution in [0.4, 0.5) is 0 Å². The fourth-order valence-electron chi connectivity index (χ4n) is 2.59. The Morgan fingerprint density at radius 1 is 1.30 bits per heavy atom. The van der Waals surface area contributed by atoms with Crippen molar-refractivity contribution in [2.75, 3.05) is 13.1 Å². The average molecular weight is 297 g/mol. The second-order valence-electron chi connectivity index (χ2n) is 5.21. The van der Waals surface area contributed by atoms with Gasteiger partial charge in [-0.1, -0.05) is 18.2 Å². The molecule has 1 aliphatic heterocycles. The molecule has 0 aliphatic carbocycles. The van der Waals surface area contributed by atoms with Gasteiger partial charge in [0.2, 0.25) is 10.0 Å². The van der Waals surface area contributed by atoms with Crippen molar-refractivity contribution in [3.63, 3.8) is 0 Å². The smallest absolute Gasteiger partial charge is 0.303 e. The zero-order valence-corrected chi connectivity index (χ0v) is 12.3. The third kappa shape index (κ3) is 3.19. The van der Waals surface area contributed by atoms with Crippen LogP contribution in [0.15, 0.2) is 29.2 Å². The molecule has 0 bridgehead atoms. The Morgan fingerprint density at radius 3 is 2.45 bits per heavy atom. The van der Waals surface area contributed by atoms with E-state index in [1.54, 1.807) is 25.1 Å². The van der Waals surface area contributed by atoms with E-state index in [4.69, 9.17) is 5.11 Å². The molecule has 2 rings (SSSR count). The van der Waals surface area contributed by atoms with Crippen LogP contribution < -0.4 is 0 Å². The molecule has 1 aromatic rings. The van der Waals surface area contributed by atoms with E-state index in [2.05, 4.69) is 0 Å². The zero-order chi connectivity index (χ0) is 14.8. The van der Waals surface area contributed by atoms with Gasteiger partial charge in [-0.25, -0.2) is 8.42 Å². The fraction of sp³-hybridized carbons (Fsp3) is 0.500. The average Bonchev–Trinajstić information content (AvgIpc) is 2.39. The molecule has 0 saturated carbocycles. The van der Waals surface area contributed by atoms with Gasteiger partial charge in [0.05, 0.1) is 4.90 Å². The molecule has 6 heteroatoms. The number of piperidine rings is 1. The van der Waals surface area contributed by atoms with Crippen LogP contribution in [0.5, 0.6) is 0 Å². The Bertz CT molecular complexity index is 589. The van der Waals surface area contributed by atoms with Crippen LogP contribution in [0.3, 0.4) is 0 Å². The van der Waals surface area contributed by atoms with Gasteiger partial charge in [-0.2, -0.15) is 4.31 Å². The summed E-state index contributed by atoms with van der Waals surface area (Å²) in [7, 11) is -3.46. The van der Waals surface area contributed by atoms with Crippen molar-refractivity contribution in [1.29, 1.82) is 0 Å². The molecule has 20 heavy (non-hydrogen) atoms. The summed E-state index contributed by atoms with van der Waals surface area (Å²) in [6, 6.07) is 6.93. The van der Waals surface area contributed by atoms with Crippen LogP contribution in [0.25, 0.3) is 0 Å². The van der Waals surface area contributed by atoms with Crippen LogP contribution >= 0.6 is 0 Å². The first-order valence-corrected chi connectivity index (χ1v) is 8.13. The van der Waals surface area contributed by atoms with Gasteiger partial charge in [-0.05, 0) is 37.3 Å². The van der Waals surface area contributed by atoms with E-state index in [1.807, 2.05) is 6.07 Å². The number of aliphatic carboxylic acids is 1. The van der Waals surface area contributed by atoms with Crippen molar-refractivity contribution < 1.29 is 18.3 Å². The normalized spacial score (nSPS) is 18.1. The first-order chi connectivity index (χ1) is 9.41. The van der Waals surface area contributed by atoms with E-state index in [-0.39, 0.29) is 12.3 Å². The number of benzene rings is 1. The second-order valence-corrected chi connectivity index (χ2v) is 7.12. The van der Waals surface area contributed by atoms with Gasteiger partial charge >= 0.3 is 5.97 Å². The summed E-state index contributed by atoms with van der Waals surface area (Å²) in [5, 5.41) is 8.77. The molecular formula is C14H19NO4S. The number of hydrogen-bond acceptors (Lipinski definition) is 3. The van der Waals surface area contributed by atoms with E-state index >= 15 is 0 Å². The zero-order valence-electron chi connectivity index (χ0n) is 11.4. The maximum absolute atomic E-state index is 12.5. The first-order valence-electron chi connectivity index (χ1n) is 6.69. The number of carbonyl (C=O) groups is 1. The van der Waals surface area contributed by atoms with Crippen molar-refractivity contribution >= 4 is 16.0 Å². The van der Waals surface area contributed by atoms with Gasteiger partial charge in [0.1, 0.15) is 0 Å². The van der Waals surface area contributed by atoms with Gasteiger partial charge < -0.3 is 5.11 Å². The van der Waals surface area contributed by atoms with E-state index in [0.29, 0.717) is 30.8 Å². The highest BCUT2D eigenvalue weighted by Gasteiger charge is 2.30. The van der Waals surface area contributed by atoms with Gasteiger partial charge in [0.15, 0.2) is 0 Å². The summed E-state index contributed by atoms with van der Waals surface area (Å²) in [6.07, 6.45) is 1.34. The maximum atomic E-state index is 12.5. The monoisotopic (exact) mass is 297 g/mol. The van der Waals surface area contributed by atoms with E-state index in [9.17, 15) is 13.2 Å². The molecule has 5 nitrogen and oxygen atoms in total. The van der Waals surface area contributed by atoms with E-state index < -0.39 is 16.0 Å². The van der Waals surface area contributed by atoms with E-state index in [0.717, 1.165) is 5.56 Å². The number of aryl methyl sites for hydroxylation is 1. The molecule has 1 fully saturated rings. The molecule has 0 unspecified atom stereocenters. The van der Waals surface area contributed by atoms with Crippen LogP contribution in [0, 0.1) is 12.8 Å². The van der Waals surface area contributed by atoms with E-state index in [1.165, 1.54) is 4.31 Å². The predicted molar refractivity (Wildman–Crippen MR) is 74.9 cm³/mol. The molecule has 0 atom stereocenters. The van der Waals surface area contributed by atoms with Crippen LogP contribution in [0.2, 0.25) is 0 Å². The molecule has 1 aromatic carbocycles. The summed E-state index contributed by atoms with van der Waals surface area (Å²) < 4.78 is 26.6. The molecule has 1 aliphatic rings. The largest absolute Gasteiger partial charge is 0.481 e. The second kappa shape index (κ2) is 5.93. The minimum atomic E-state index is -3.46. The number of nitrogens with zero attached hydrogens (tertiary/aromatic N) is 1. The third-order valence-electron chi connectivity index (χ3n) is 3.75. The van der Waals surface area contributed by atoms with Crippen molar-refractivity contribution in [3.8, 4) is 0 Å². The SMILES string of the molecule is Cc1ccccc1S(=O)(=O)N1CCC(CC(=O)O)CC1. The molecule has 0 amide bonds. The van der Waals surface area contributed by atoms with Crippen LogP contribution in [0.1, 0.15) is 24.8 Å². The highest BCUT2D eigenvalue weighted by atomic mass is 32.2. The topological polar surface area (TPSA) is 74.7 Å². The number of hydrogen-bond donors (Lipinski definition) is 1. The number of carboxylic acid groups (broad SMARTS) is 1. The van der Waals surface area contributed by atoms with Crippen LogP contribution in [-0.4, -0.2) is 36.9 Å². The summed E-state index contributed by atoms with van der Waals surface area (Å²) >= 11 is 0. The highest BCUT2D eigenvalue weighted by Crippen LogP contribution is 2.26. The molecule has 1 heterocycles. The lowest BCUT2D eigenvalue weighted by molar-refractivity contribution is -0.138. The number of sulfonamides is 1. The van der Waals surface area contributed by atoms with Gasteiger partial charge in [0.25, 0.3) is 0 Å². The lowest BCUT2D eigenvalue weighted by Crippen LogP contribution is -2.39. The van der Waals surface area contributed by atoms with Crippen molar-refractivity contribution in [3.05, 3.63) is 29.8 Å². The standard InChI is InChI=1S/C14H19NO4S/c1-11-4-2-3-5-13(11)20(18,19)15-8-6-12(7-9-15)10-14(16)17/h2-5,12H,6-10H2,1H3,(H,16,17). The first kappa shape index (κ1) is 15.0. The predicted octanol–water partition coefficient (Wildman–Crippen LogP) is 1.87.